The van der Waals surface area contributed by atoms with Gasteiger partial charge in [0.25, 0.3) is 0 Å². The van der Waals surface area contributed by atoms with E-state index in [1.54, 1.807) is 21.5 Å². The van der Waals surface area contributed by atoms with Gasteiger partial charge in [0.2, 0.25) is 0 Å². The zero-order chi connectivity index (χ0) is 18.7. The third kappa shape index (κ3) is 2.23. The Kier molecular flexibility index (Phi) is 3.48. The molecule has 0 bridgehead atoms. The summed E-state index contributed by atoms with van der Waals surface area (Å²) in [6.07, 6.45) is 2.16. The van der Waals surface area contributed by atoms with Crippen LogP contribution >= 0.6 is 0 Å². The summed E-state index contributed by atoms with van der Waals surface area (Å²) in [4.78, 5) is 0. The van der Waals surface area contributed by atoms with E-state index in [2.05, 4.69) is 91.5 Å². The van der Waals surface area contributed by atoms with Crippen LogP contribution in [0.2, 0.25) is 6.55 Å². The van der Waals surface area contributed by atoms with Gasteiger partial charge in [-0.3, -0.25) is 0 Å². The van der Waals surface area contributed by atoms with Gasteiger partial charge in [-0.15, -0.1) is 0 Å². The van der Waals surface area contributed by atoms with Gasteiger partial charge in [-0.25, -0.2) is 0 Å². The van der Waals surface area contributed by atoms with E-state index in [-0.39, 0.29) is 0 Å². The fourth-order valence-corrected chi connectivity index (χ4v) is 7.50. The van der Waals surface area contributed by atoms with Crippen molar-refractivity contribution in [1.82, 2.24) is 0 Å². The van der Waals surface area contributed by atoms with Crippen LogP contribution in [0.3, 0.4) is 0 Å². The minimum absolute atomic E-state index is 0.826. The Morgan fingerprint density at radius 2 is 0.929 bits per heavy atom. The van der Waals surface area contributed by atoms with Crippen molar-refractivity contribution in [2.75, 3.05) is 0 Å². The van der Waals surface area contributed by atoms with E-state index in [9.17, 15) is 0 Å². The summed E-state index contributed by atoms with van der Waals surface area (Å²) in [7, 11) is -0.826. The molecule has 28 heavy (non-hydrogen) atoms. The minimum atomic E-state index is -0.826. The zero-order valence-corrected chi connectivity index (χ0v) is 17.0. The first-order valence-corrected chi connectivity index (χ1v) is 12.1. The largest absolute Gasteiger partial charge is 0.119 e. The van der Waals surface area contributed by atoms with Gasteiger partial charge in [-0.05, 0) is 57.3 Å². The lowest BCUT2D eigenvalue weighted by Gasteiger charge is -2.18. The second kappa shape index (κ2) is 6.05. The second-order valence-corrected chi connectivity index (χ2v) is 10.3. The Bertz CT molecular complexity index is 1140. The fraction of sp³-hybridized carbons (Fsp3) is 0.111. The van der Waals surface area contributed by atoms with E-state index >= 15 is 0 Å². The van der Waals surface area contributed by atoms with E-state index < -0.39 is 8.80 Å². The fourth-order valence-electron chi connectivity index (χ4n) is 5.16. The predicted octanol–water partition coefficient (Wildman–Crippen LogP) is 5.07. The van der Waals surface area contributed by atoms with Gasteiger partial charge in [0.05, 0.1) is 0 Å². The Balaban J connectivity index is 1.48. The Morgan fingerprint density at radius 3 is 1.43 bits per heavy atom. The second-order valence-electron chi connectivity index (χ2n) is 7.96. The highest BCUT2D eigenvalue weighted by Gasteiger charge is 2.28. The van der Waals surface area contributed by atoms with Crippen molar-refractivity contribution in [2.24, 2.45) is 0 Å². The number of fused-ring (bicyclic) bond motifs is 6. The average Bonchev–Trinajstić information content (AvgIpc) is 3.31. The number of benzene rings is 4. The molecular weight excluding hydrogens is 352 g/mol. The molecule has 1 radical (unpaired) electrons. The van der Waals surface area contributed by atoms with Crippen molar-refractivity contribution < 1.29 is 0 Å². The van der Waals surface area contributed by atoms with Crippen molar-refractivity contribution in [3.8, 4) is 22.3 Å². The van der Waals surface area contributed by atoms with Gasteiger partial charge in [0.1, 0.15) is 8.80 Å². The molecule has 4 aromatic rings. The van der Waals surface area contributed by atoms with Crippen molar-refractivity contribution in [3.63, 3.8) is 0 Å². The maximum atomic E-state index is 2.49. The van der Waals surface area contributed by atoms with Crippen LogP contribution in [-0.2, 0) is 12.8 Å². The molecule has 0 saturated heterocycles. The van der Waals surface area contributed by atoms with Gasteiger partial charge in [-0.2, -0.15) is 0 Å². The smallest absolute Gasteiger partial charge is 0.0628 e. The molecule has 1 heteroatoms. The van der Waals surface area contributed by atoms with E-state index in [0.29, 0.717) is 0 Å². The van der Waals surface area contributed by atoms with Crippen LogP contribution in [0.25, 0.3) is 22.3 Å². The lowest BCUT2D eigenvalue weighted by Crippen LogP contribution is -2.42. The van der Waals surface area contributed by atoms with Gasteiger partial charge in [0, 0.05) is 0 Å². The summed E-state index contributed by atoms with van der Waals surface area (Å²) in [5.41, 5.74) is 11.8. The highest BCUT2D eigenvalue weighted by Crippen LogP contribution is 2.37. The summed E-state index contributed by atoms with van der Waals surface area (Å²) in [5.74, 6) is 0. The van der Waals surface area contributed by atoms with Crippen molar-refractivity contribution in [3.05, 3.63) is 107 Å². The monoisotopic (exact) mass is 373 g/mol. The van der Waals surface area contributed by atoms with Crippen LogP contribution in [0.15, 0.2) is 84.9 Å². The highest BCUT2D eigenvalue weighted by molar-refractivity contribution is 6.85. The molecule has 0 spiro atoms. The maximum Gasteiger partial charge on any atom is 0.119 e. The number of hydrogen-bond donors (Lipinski definition) is 0. The molecule has 0 aromatic heterocycles. The molecule has 4 aromatic carbocycles. The third-order valence-corrected chi connectivity index (χ3v) is 9.06. The lowest BCUT2D eigenvalue weighted by atomic mass is 10.1. The molecule has 0 heterocycles. The highest BCUT2D eigenvalue weighted by atomic mass is 28.3. The summed E-state index contributed by atoms with van der Waals surface area (Å²) >= 11 is 0. The lowest BCUT2D eigenvalue weighted by molar-refractivity contribution is 1.27. The average molecular weight is 374 g/mol. The number of rotatable bonds is 2. The SMILES string of the molecule is C[Si](c1cccc2c1Cc1ccccc1-2)c1cccc2c1Cc1ccccc1-2. The molecule has 6 rings (SSSR count). The van der Waals surface area contributed by atoms with Gasteiger partial charge in [0.15, 0.2) is 0 Å². The van der Waals surface area contributed by atoms with Gasteiger partial charge < -0.3 is 0 Å². The van der Waals surface area contributed by atoms with Crippen LogP contribution in [0.5, 0.6) is 0 Å². The molecule has 0 fully saturated rings. The van der Waals surface area contributed by atoms with E-state index in [4.69, 9.17) is 0 Å². The van der Waals surface area contributed by atoms with E-state index in [0.717, 1.165) is 12.8 Å². The summed E-state index contributed by atoms with van der Waals surface area (Å²) in [5, 5.41) is 3.17. The first kappa shape index (κ1) is 16.1. The van der Waals surface area contributed by atoms with Crippen LogP contribution < -0.4 is 10.4 Å². The molecule has 133 valence electrons. The van der Waals surface area contributed by atoms with Crippen molar-refractivity contribution in [1.29, 1.82) is 0 Å². The van der Waals surface area contributed by atoms with E-state index in [1.165, 1.54) is 33.4 Å². The number of hydrogen-bond acceptors (Lipinski definition) is 0. The van der Waals surface area contributed by atoms with Crippen molar-refractivity contribution in [2.45, 2.75) is 19.4 Å². The molecule has 2 aliphatic carbocycles. The summed E-state index contributed by atoms with van der Waals surface area (Å²) in [6.45, 7) is 2.49. The topological polar surface area (TPSA) is 0 Å². The standard InChI is InChI=1S/C27H21Si/c1-28(26-14-6-12-22-20-10-4-2-8-18(20)16-24(22)26)27-15-7-13-23-21-11-5-3-9-19(21)17-25(23)27/h2-15H,16-17H2,1H3. The summed E-state index contributed by atoms with van der Waals surface area (Å²) in [6, 6.07) is 31.7. The summed E-state index contributed by atoms with van der Waals surface area (Å²) < 4.78 is 0. The van der Waals surface area contributed by atoms with Crippen molar-refractivity contribution >= 4 is 19.2 Å². The normalized spacial score (nSPS) is 13.2. The molecule has 0 aliphatic heterocycles. The van der Waals surface area contributed by atoms with Crippen LogP contribution in [0.4, 0.5) is 0 Å². The first-order valence-electron chi connectivity index (χ1n) is 10.1. The maximum absolute atomic E-state index is 2.49. The molecular formula is C27H21Si. The van der Waals surface area contributed by atoms with Crippen LogP contribution in [-0.4, -0.2) is 8.80 Å². The quantitative estimate of drug-likeness (QED) is 0.372. The van der Waals surface area contributed by atoms with Crippen LogP contribution in [0.1, 0.15) is 22.3 Å². The predicted molar refractivity (Wildman–Crippen MR) is 120 cm³/mol. The molecule has 0 nitrogen and oxygen atoms in total. The molecule has 0 saturated carbocycles. The van der Waals surface area contributed by atoms with Crippen LogP contribution in [0, 0.1) is 0 Å². The third-order valence-electron chi connectivity index (χ3n) is 6.51. The van der Waals surface area contributed by atoms with E-state index in [1.807, 2.05) is 0 Å². The molecule has 0 unspecified atom stereocenters. The zero-order valence-electron chi connectivity index (χ0n) is 16.0. The Labute approximate surface area is 168 Å². The Hall–Kier alpha value is -2.90. The van der Waals surface area contributed by atoms with Gasteiger partial charge in [-0.1, -0.05) is 102 Å². The molecule has 0 N–H and O–H groups in total. The minimum Gasteiger partial charge on any atom is -0.0628 e. The molecule has 0 atom stereocenters. The Morgan fingerprint density at radius 1 is 0.500 bits per heavy atom. The van der Waals surface area contributed by atoms with Gasteiger partial charge >= 0.3 is 0 Å². The molecule has 2 aliphatic rings. The first-order chi connectivity index (χ1) is 13.8. The molecule has 0 amide bonds.